The van der Waals surface area contributed by atoms with E-state index in [-0.39, 0.29) is 30.3 Å². The second kappa shape index (κ2) is 11.4. The van der Waals surface area contributed by atoms with E-state index in [9.17, 15) is 14.0 Å². The van der Waals surface area contributed by atoms with Crippen molar-refractivity contribution in [1.29, 1.82) is 0 Å². The number of piperidine rings is 1. The molecule has 0 unspecified atom stereocenters. The second-order valence-electron chi connectivity index (χ2n) is 8.55. The van der Waals surface area contributed by atoms with E-state index in [1.165, 1.54) is 17.9 Å². The number of hydrogen-bond acceptors (Lipinski definition) is 5. The summed E-state index contributed by atoms with van der Waals surface area (Å²) in [5, 5.41) is 8.28. The van der Waals surface area contributed by atoms with Gasteiger partial charge in [0.1, 0.15) is 17.3 Å². The van der Waals surface area contributed by atoms with E-state index in [1.54, 1.807) is 30.5 Å². The first-order valence-corrected chi connectivity index (χ1v) is 12.9. The van der Waals surface area contributed by atoms with Gasteiger partial charge in [-0.1, -0.05) is 37.1 Å². The van der Waals surface area contributed by atoms with Crippen molar-refractivity contribution in [3.05, 3.63) is 68.6 Å². The Morgan fingerprint density at radius 1 is 1.09 bits per heavy atom. The van der Waals surface area contributed by atoms with E-state index >= 15 is 0 Å². The summed E-state index contributed by atoms with van der Waals surface area (Å²) in [7, 11) is 1.52. The number of benzene rings is 2. The van der Waals surface area contributed by atoms with Crippen molar-refractivity contribution in [1.82, 2.24) is 19.9 Å². The number of carbonyl (C=O) groups excluding carboxylic acids is 2. The first-order valence-electron chi connectivity index (χ1n) is 11.3. The van der Waals surface area contributed by atoms with E-state index in [2.05, 4.69) is 42.2 Å². The van der Waals surface area contributed by atoms with Crippen molar-refractivity contribution in [3.8, 4) is 11.4 Å². The fraction of sp³-hybridized carbons (Fsp3) is 0.360. The van der Waals surface area contributed by atoms with Crippen LogP contribution in [0, 0.1) is 11.7 Å². The molecule has 0 saturated carbocycles. The van der Waals surface area contributed by atoms with Gasteiger partial charge in [-0.2, -0.15) is 0 Å². The van der Waals surface area contributed by atoms with Crippen molar-refractivity contribution in [2.24, 2.45) is 5.92 Å². The molecule has 0 bridgehead atoms. The normalized spacial score (nSPS) is 14.2. The predicted octanol–water partition coefficient (Wildman–Crippen LogP) is 5.38. The number of amides is 1. The minimum absolute atomic E-state index is 0.0116. The van der Waals surface area contributed by atoms with Crippen molar-refractivity contribution in [2.75, 3.05) is 20.2 Å². The smallest absolute Gasteiger partial charge is 0.223 e. The monoisotopic (exact) mass is 606 g/mol. The van der Waals surface area contributed by atoms with Crippen LogP contribution < -0.4 is 4.74 Å². The average molecular weight is 608 g/mol. The lowest BCUT2D eigenvalue weighted by atomic mass is 9.92. The van der Waals surface area contributed by atoms with Crippen LogP contribution in [0.2, 0.25) is 0 Å². The topological polar surface area (TPSA) is 77.3 Å². The molecule has 1 aliphatic rings. The molecule has 1 fully saturated rings. The van der Waals surface area contributed by atoms with E-state index in [1.807, 2.05) is 11.0 Å². The van der Waals surface area contributed by atoms with Crippen LogP contribution >= 0.6 is 31.9 Å². The molecule has 4 rings (SSSR count). The molecule has 10 heteroatoms. The van der Waals surface area contributed by atoms with E-state index in [0.717, 1.165) is 29.4 Å². The zero-order valence-electron chi connectivity index (χ0n) is 19.2. The van der Waals surface area contributed by atoms with Crippen molar-refractivity contribution < 1.29 is 18.7 Å². The van der Waals surface area contributed by atoms with Crippen LogP contribution in [0.3, 0.4) is 0 Å². The Morgan fingerprint density at radius 3 is 2.51 bits per heavy atom. The highest BCUT2D eigenvalue weighted by molar-refractivity contribution is 9.10. The maximum atomic E-state index is 14.2. The molecule has 1 saturated heterocycles. The number of likely N-dealkylation sites (tertiary alicyclic amines) is 1. The molecule has 184 valence electrons. The van der Waals surface area contributed by atoms with E-state index in [4.69, 9.17) is 4.74 Å². The lowest BCUT2D eigenvalue weighted by Gasteiger charge is -2.31. The van der Waals surface area contributed by atoms with Crippen molar-refractivity contribution in [3.63, 3.8) is 0 Å². The molecular weight excluding hydrogens is 583 g/mol. The van der Waals surface area contributed by atoms with Gasteiger partial charge in [0.25, 0.3) is 0 Å². The van der Waals surface area contributed by atoms with Crippen molar-refractivity contribution >= 4 is 43.6 Å². The fourth-order valence-corrected chi connectivity index (χ4v) is 4.96. The SMILES string of the molecule is COc1ccc(Br)cc1C(=O)CCC(=O)N1CCC(Cc2cn(-c3ccc(Br)cc3F)nn2)CC1. The molecular formula is C25H25Br2FN4O3. The highest BCUT2D eigenvalue weighted by Gasteiger charge is 2.25. The summed E-state index contributed by atoms with van der Waals surface area (Å²) in [6.45, 7) is 1.29. The Balaban J connectivity index is 1.26. The summed E-state index contributed by atoms with van der Waals surface area (Å²) in [6, 6.07) is 10.1. The number of rotatable bonds is 8. The third kappa shape index (κ3) is 6.35. The summed E-state index contributed by atoms with van der Waals surface area (Å²) >= 11 is 6.63. The maximum absolute atomic E-state index is 14.2. The number of hydrogen-bond donors (Lipinski definition) is 0. The molecule has 0 spiro atoms. The molecule has 3 aromatic rings. The van der Waals surface area contributed by atoms with E-state index in [0.29, 0.717) is 40.5 Å². The summed E-state index contributed by atoms with van der Waals surface area (Å²) in [6.07, 6.45) is 4.48. The van der Waals surface area contributed by atoms with Gasteiger partial charge in [-0.05, 0) is 61.6 Å². The lowest BCUT2D eigenvalue weighted by Crippen LogP contribution is -2.39. The van der Waals surface area contributed by atoms with Crippen LogP contribution in [-0.4, -0.2) is 51.8 Å². The zero-order valence-corrected chi connectivity index (χ0v) is 22.4. The molecule has 2 aromatic carbocycles. The number of methoxy groups -OCH3 is 1. The Hall–Kier alpha value is -2.59. The summed E-state index contributed by atoms with van der Waals surface area (Å²) < 4.78 is 22.4. The Morgan fingerprint density at radius 2 is 1.80 bits per heavy atom. The fourth-order valence-electron chi connectivity index (χ4n) is 4.27. The second-order valence-corrected chi connectivity index (χ2v) is 10.4. The predicted molar refractivity (Wildman–Crippen MR) is 136 cm³/mol. The van der Waals surface area contributed by atoms with Gasteiger partial charge in [-0.3, -0.25) is 9.59 Å². The molecule has 2 heterocycles. The average Bonchev–Trinajstić information content (AvgIpc) is 3.30. The Bertz CT molecular complexity index is 1230. The first-order chi connectivity index (χ1) is 16.8. The zero-order chi connectivity index (χ0) is 24.9. The summed E-state index contributed by atoms with van der Waals surface area (Å²) in [5.74, 6) is 0.372. The van der Waals surface area contributed by atoms with Gasteiger partial charge < -0.3 is 9.64 Å². The molecule has 0 aliphatic carbocycles. The molecule has 0 radical (unpaired) electrons. The highest BCUT2D eigenvalue weighted by Crippen LogP contribution is 2.26. The quantitative estimate of drug-likeness (QED) is 0.321. The van der Waals surface area contributed by atoms with Crippen LogP contribution in [0.4, 0.5) is 4.39 Å². The first kappa shape index (κ1) is 25.5. The van der Waals surface area contributed by atoms with Gasteiger partial charge in [-0.25, -0.2) is 9.07 Å². The largest absolute Gasteiger partial charge is 0.496 e. The molecule has 35 heavy (non-hydrogen) atoms. The molecule has 0 atom stereocenters. The molecule has 1 aromatic heterocycles. The number of aromatic nitrogens is 3. The minimum atomic E-state index is -0.375. The minimum Gasteiger partial charge on any atom is -0.496 e. The standard InChI is InChI=1S/C25H25Br2FN4O3/c1-35-24-6-3-17(26)13-20(24)23(33)5-7-25(34)31-10-8-16(9-11-31)12-19-15-32(30-29-19)22-4-2-18(27)14-21(22)28/h2-4,6,13-16H,5,7-12H2,1H3. The summed E-state index contributed by atoms with van der Waals surface area (Å²) in [4.78, 5) is 27.2. The highest BCUT2D eigenvalue weighted by atomic mass is 79.9. The van der Waals surface area contributed by atoms with E-state index < -0.39 is 0 Å². The number of ketones is 1. The third-order valence-corrected chi connectivity index (χ3v) is 7.18. The van der Waals surface area contributed by atoms with Gasteiger partial charge in [0.2, 0.25) is 5.91 Å². The summed E-state index contributed by atoms with van der Waals surface area (Å²) in [5.41, 5.74) is 1.62. The number of Topliss-reactive ketones (excluding diaryl/α,β-unsaturated/α-hetero) is 1. The molecule has 1 aliphatic heterocycles. The van der Waals surface area contributed by atoms with Crippen LogP contribution in [0.25, 0.3) is 5.69 Å². The Labute approximate surface area is 219 Å². The third-order valence-electron chi connectivity index (χ3n) is 6.19. The van der Waals surface area contributed by atoms with Gasteiger partial charge in [-0.15, -0.1) is 5.10 Å². The number of halogens is 3. The molecule has 0 N–H and O–H groups in total. The van der Waals surface area contributed by atoms with Gasteiger partial charge in [0, 0.05) is 34.9 Å². The van der Waals surface area contributed by atoms with Crippen LogP contribution in [0.15, 0.2) is 51.5 Å². The number of carbonyl (C=O) groups is 2. The van der Waals surface area contributed by atoms with Crippen LogP contribution in [-0.2, 0) is 11.2 Å². The number of nitrogens with zero attached hydrogens (tertiary/aromatic N) is 4. The number of ether oxygens (including phenoxy) is 1. The van der Waals surface area contributed by atoms with Gasteiger partial charge >= 0.3 is 0 Å². The van der Waals surface area contributed by atoms with Gasteiger partial charge in [0.15, 0.2) is 5.78 Å². The maximum Gasteiger partial charge on any atom is 0.223 e. The lowest BCUT2D eigenvalue weighted by molar-refractivity contribution is -0.132. The van der Waals surface area contributed by atoms with Crippen molar-refractivity contribution in [2.45, 2.75) is 32.1 Å². The Kier molecular flexibility index (Phi) is 8.33. The van der Waals surface area contributed by atoms with Gasteiger partial charge in [0.05, 0.1) is 24.6 Å². The molecule has 7 nitrogen and oxygen atoms in total. The van der Waals surface area contributed by atoms with Crippen LogP contribution in [0.1, 0.15) is 41.7 Å². The van der Waals surface area contributed by atoms with Crippen LogP contribution in [0.5, 0.6) is 5.75 Å². The molecule has 1 amide bonds.